The lowest BCUT2D eigenvalue weighted by Gasteiger charge is -1.95. The molecule has 2 aromatic rings. The van der Waals surface area contributed by atoms with E-state index in [1.54, 1.807) is 0 Å². The lowest BCUT2D eigenvalue weighted by molar-refractivity contribution is 0.0605. The first kappa shape index (κ1) is 11.5. The van der Waals surface area contributed by atoms with E-state index in [1.165, 1.54) is 18.4 Å². The molecule has 0 spiro atoms. The molecule has 0 unspecified atom stereocenters. The highest BCUT2D eigenvalue weighted by Gasteiger charge is 2.18. The Labute approximate surface area is 106 Å². The van der Waals surface area contributed by atoms with Crippen LogP contribution in [0.3, 0.4) is 0 Å². The van der Waals surface area contributed by atoms with Crippen LogP contribution in [-0.2, 0) is 11.2 Å². The van der Waals surface area contributed by atoms with Crippen molar-refractivity contribution >= 4 is 43.5 Å². The Morgan fingerprint density at radius 2 is 2.38 bits per heavy atom. The number of nitrogens with zero attached hydrogens (tertiary/aromatic N) is 1. The highest BCUT2D eigenvalue weighted by Crippen LogP contribution is 2.35. The zero-order valence-corrected chi connectivity index (χ0v) is 11.3. The zero-order chi connectivity index (χ0) is 11.7. The highest BCUT2D eigenvalue weighted by molar-refractivity contribution is 9.10. The van der Waals surface area contributed by atoms with Gasteiger partial charge in [-0.1, -0.05) is 6.92 Å². The fraction of sp³-hybridized carbons (Fsp3) is 0.273. The number of aromatic nitrogens is 1. The van der Waals surface area contributed by atoms with Gasteiger partial charge in [-0.3, -0.25) is 4.98 Å². The minimum absolute atomic E-state index is 0.326. The Morgan fingerprint density at radius 3 is 3.00 bits per heavy atom. The van der Waals surface area contributed by atoms with Gasteiger partial charge in [0.25, 0.3) is 0 Å². The Hall–Kier alpha value is -0.940. The number of carbonyl (C=O) groups is 1. The summed E-state index contributed by atoms with van der Waals surface area (Å²) in [6.07, 6.45) is 2.77. The average molecular weight is 300 g/mol. The van der Waals surface area contributed by atoms with E-state index in [0.717, 1.165) is 26.7 Å². The van der Waals surface area contributed by atoms with Crippen LogP contribution >= 0.6 is 27.3 Å². The maximum absolute atomic E-state index is 11.5. The topological polar surface area (TPSA) is 39.2 Å². The van der Waals surface area contributed by atoms with Gasteiger partial charge >= 0.3 is 5.97 Å². The summed E-state index contributed by atoms with van der Waals surface area (Å²) in [4.78, 5) is 16.4. The predicted octanol–water partition coefficient (Wildman–Crippen LogP) is 3.41. The van der Waals surface area contributed by atoms with Gasteiger partial charge in [0, 0.05) is 6.20 Å². The monoisotopic (exact) mass is 299 g/mol. The molecule has 0 saturated heterocycles. The van der Waals surface area contributed by atoms with E-state index >= 15 is 0 Å². The number of thiophene rings is 1. The van der Waals surface area contributed by atoms with Crippen molar-refractivity contribution in [2.75, 3.05) is 7.11 Å². The number of esters is 1. The molecule has 5 heteroatoms. The maximum Gasteiger partial charge on any atom is 0.349 e. The van der Waals surface area contributed by atoms with Gasteiger partial charge in [-0.2, -0.15) is 0 Å². The first-order valence-corrected chi connectivity index (χ1v) is 6.43. The lowest BCUT2D eigenvalue weighted by atomic mass is 10.2. The molecule has 84 valence electrons. The van der Waals surface area contributed by atoms with Gasteiger partial charge in [0.2, 0.25) is 0 Å². The molecule has 0 aromatic carbocycles. The normalized spacial score (nSPS) is 10.7. The quantitative estimate of drug-likeness (QED) is 0.798. The van der Waals surface area contributed by atoms with E-state index in [1.807, 2.05) is 6.20 Å². The van der Waals surface area contributed by atoms with Crippen LogP contribution < -0.4 is 0 Å². The summed E-state index contributed by atoms with van der Waals surface area (Å²) in [7, 11) is 1.38. The summed E-state index contributed by atoms with van der Waals surface area (Å²) >= 11 is 4.79. The molecule has 0 aliphatic rings. The summed E-state index contributed by atoms with van der Waals surface area (Å²) in [5.74, 6) is -0.326. The molecule has 0 atom stereocenters. The second-order valence-electron chi connectivity index (χ2n) is 3.28. The molecule has 0 saturated carbocycles. The third kappa shape index (κ3) is 1.85. The minimum atomic E-state index is -0.326. The first-order chi connectivity index (χ1) is 7.67. The SMILES string of the molecule is CCc1cnc2c(Br)c(C(=O)OC)sc2c1. The van der Waals surface area contributed by atoms with E-state index in [2.05, 4.69) is 33.9 Å². The molecular weight excluding hydrogens is 290 g/mol. The summed E-state index contributed by atoms with van der Waals surface area (Å²) in [6.45, 7) is 2.08. The maximum atomic E-state index is 11.5. The van der Waals surface area contributed by atoms with Crippen molar-refractivity contribution < 1.29 is 9.53 Å². The molecule has 0 radical (unpaired) electrons. The van der Waals surface area contributed by atoms with E-state index in [9.17, 15) is 4.79 Å². The number of fused-ring (bicyclic) bond motifs is 1. The van der Waals surface area contributed by atoms with Crippen LogP contribution in [0.4, 0.5) is 0 Å². The standard InChI is InChI=1S/C11H10BrNO2S/c1-3-6-4-7-9(13-5-6)8(12)10(16-7)11(14)15-2/h4-5H,3H2,1-2H3. The van der Waals surface area contributed by atoms with Gasteiger partial charge in [0.15, 0.2) is 0 Å². The number of ether oxygens (including phenoxy) is 1. The van der Waals surface area contributed by atoms with E-state index in [4.69, 9.17) is 4.74 Å². The minimum Gasteiger partial charge on any atom is -0.465 e. The summed E-state index contributed by atoms with van der Waals surface area (Å²) in [5, 5.41) is 0. The third-order valence-electron chi connectivity index (χ3n) is 2.31. The summed E-state index contributed by atoms with van der Waals surface area (Å²) in [5.41, 5.74) is 1.99. The van der Waals surface area contributed by atoms with Crippen molar-refractivity contribution in [3.63, 3.8) is 0 Å². The smallest absolute Gasteiger partial charge is 0.349 e. The largest absolute Gasteiger partial charge is 0.465 e. The third-order valence-corrected chi connectivity index (χ3v) is 4.45. The molecule has 0 bridgehead atoms. The second-order valence-corrected chi connectivity index (χ2v) is 5.13. The van der Waals surface area contributed by atoms with Crippen molar-refractivity contribution in [2.24, 2.45) is 0 Å². The molecule has 0 amide bonds. The van der Waals surface area contributed by atoms with Crippen molar-refractivity contribution in [1.29, 1.82) is 0 Å². The van der Waals surface area contributed by atoms with E-state index < -0.39 is 0 Å². The molecule has 0 N–H and O–H groups in total. The first-order valence-electron chi connectivity index (χ1n) is 4.82. The number of halogens is 1. The van der Waals surface area contributed by atoms with Crippen LogP contribution in [0.2, 0.25) is 0 Å². The molecular formula is C11H10BrNO2S. The lowest BCUT2D eigenvalue weighted by Crippen LogP contribution is -1.98. The van der Waals surface area contributed by atoms with Gasteiger partial charge in [-0.15, -0.1) is 11.3 Å². The molecule has 2 aromatic heterocycles. The van der Waals surface area contributed by atoms with Gasteiger partial charge in [-0.25, -0.2) is 4.79 Å². The van der Waals surface area contributed by atoms with Crippen molar-refractivity contribution in [1.82, 2.24) is 4.98 Å². The summed E-state index contributed by atoms with van der Waals surface area (Å²) in [6, 6.07) is 2.06. The molecule has 0 aliphatic carbocycles. The fourth-order valence-electron chi connectivity index (χ4n) is 1.41. The number of pyridine rings is 1. The molecule has 0 aliphatic heterocycles. The van der Waals surface area contributed by atoms with Gasteiger partial charge < -0.3 is 4.74 Å². The van der Waals surface area contributed by atoms with Gasteiger partial charge in [-0.05, 0) is 34.0 Å². The molecule has 3 nitrogen and oxygen atoms in total. The van der Waals surface area contributed by atoms with Crippen LogP contribution in [0.5, 0.6) is 0 Å². The number of hydrogen-bond donors (Lipinski definition) is 0. The highest BCUT2D eigenvalue weighted by atomic mass is 79.9. The molecule has 16 heavy (non-hydrogen) atoms. The van der Waals surface area contributed by atoms with Crippen LogP contribution in [0.15, 0.2) is 16.7 Å². The number of hydrogen-bond acceptors (Lipinski definition) is 4. The second kappa shape index (κ2) is 4.51. The Balaban J connectivity index is 2.63. The van der Waals surface area contributed by atoms with Crippen molar-refractivity contribution in [2.45, 2.75) is 13.3 Å². The van der Waals surface area contributed by atoms with Crippen molar-refractivity contribution in [3.8, 4) is 0 Å². The van der Waals surface area contributed by atoms with E-state index in [0.29, 0.717) is 4.88 Å². The Morgan fingerprint density at radius 1 is 1.62 bits per heavy atom. The van der Waals surface area contributed by atoms with Gasteiger partial charge in [0.1, 0.15) is 4.88 Å². The molecule has 2 rings (SSSR count). The molecule has 0 fully saturated rings. The number of methoxy groups -OCH3 is 1. The predicted molar refractivity (Wildman–Crippen MR) is 68.0 cm³/mol. The zero-order valence-electron chi connectivity index (χ0n) is 8.91. The number of carbonyl (C=O) groups excluding carboxylic acids is 1. The van der Waals surface area contributed by atoms with Crippen LogP contribution in [0.1, 0.15) is 22.2 Å². The number of aryl methyl sites for hydroxylation is 1. The average Bonchev–Trinajstić information content (AvgIpc) is 2.65. The Bertz CT molecular complexity index is 550. The van der Waals surface area contributed by atoms with E-state index in [-0.39, 0.29) is 5.97 Å². The molecule has 2 heterocycles. The van der Waals surface area contributed by atoms with Crippen LogP contribution in [-0.4, -0.2) is 18.1 Å². The summed E-state index contributed by atoms with van der Waals surface area (Å²) < 4.78 is 6.45. The fourth-order valence-corrected chi connectivity index (χ4v) is 3.29. The van der Waals surface area contributed by atoms with Gasteiger partial charge in [0.05, 0.1) is 21.8 Å². The van der Waals surface area contributed by atoms with Crippen LogP contribution in [0.25, 0.3) is 10.2 Å². The van der Waals surface area contributed by atoms with Crippen LogP contribution in [0, 0.1) is 0 Å². The Kier molecular flexibility index (Phi) is 3.25. The van der Waals surface area contributed by atoms with Crippen molar-refractivity contribution in [3.05, 3.63) is 27.2 Å². The number of rotatable bonds is 2.